The second-order valence-corrected chi connectivity index (χ2v) is 7.61. The van der Waals surface area contributed by atoms with Crippen molar-refractivity contribution in [2.24, 2.45) is 7.05 Å². The fourth-order valence-corrected chi connectivity index (χ4v) is 3.73. The lowest BCUT2D eigenvalue weighted by Crippen LogP contribution is -2.08. The van der Waals surface area contributed by atoms with E-state index in [-0.39, 0.29) is 11.2 Å². The predicted octanol–water partition coefficient (Wildman–Crippen LogP) is 5.35. The highest BCUT2D eigenvalue weighted by Crippen LogP contribution is 2.38. The van der Waals surface area contributed by atoms with Gasteiger partial charge in [0.2, 0.25) is 0 Å². The van der Waals surface area contributed by atoms with Crippen LogP contribution in [-0.2, 0) is 7.05 Å². The molecule has 0 amide bonds. The van der Waals surface area contributed by atoms with Crippen LogP contribution < -0.4 is 5.32 Å². The van der Waals surface area contributed by atoms with E-state index in [4.69, 9.17) is 11.6 Å². The van der Waals surface area contributed by atoms with Gasteiger partial charge in [0.15, 0.2) is 5.82 Å². The summed E-state index contributed by atoms with van der Waals surface area (Å²) in [6, 6.07) is 12.1. The molecule has 142 valence electrons. The number of hydrogen-bond donors (Lipinski definition) is 2. The molecule has 0 aliphatic heterocycles. The Balaban J connectivity index is 1.91. The molecule has 2 aromatic heterocycles. The van der Waals surface area contributed by atoms with Gasteiger partial charge in [-0.25, -0.2) is 9.37 Å². The number of aryl methyl sites for hydroxylation is 1. The number of fused-ring (bicyclic) bond motifs is 1. The number of nitrogens with zero attached hydrogens (tertiary/aromatic N) is 3. The highest BCUT2D eigenvalue weighted by molar-refractivity contribution is 9.10. The van der Waals surface area contributed by atoms with Gasteiger partial charge in [0.05, 0.1) is 33.9 Å². The molecule has 0 radical (unpaired) electrons. The molecule has 0 aliphatic rings. The Morgan fingerprint density at radius 2 is 2.04 bits per heavy atom. The lowest BCUT2D eigenvalue weighted by atomic mass is 10.0. The largest absolute Gasteiger partial charge is 0.382 e. The van der Waals surface area contributed by atoms with Crippen molar-refractivity contribution in [1.29, 1.82) is 0 Å². The lowest BCUT2D eigenvalue weighted by molar-refractivity contribution is 0.216. The van der Waals surface area contributed by atoms with Gasteiger partial charge in [-0.2, -0.15) is 0 Å². The number of hydrogen-bond acceptors (Lipinski definition) is 4. The molecule has 0 saturated carbocycles. The third-order valence-electron chi connectivity index (χ3n) is 4.44. The minimum atomic E-state index is -1.13. The monoisotopic (exact) mass is 460 g/mol. The maximum atomic E-state index is 15.4. The number of benzene rings is 2. The smallest absolute Gasteiger partial charge is 0.174 e. The molecule has 4 aromatic rings. The summed E-state index contributed by atoms with van der Waals surface area (Å²) < 4.78 is 17.9. The van der Waals surface area contributed by atoms with Crippen molar-refractivity contribution in [3.8, 4) is 0 Å². The van der Waals surface area contributed by atoms with Crippen molar-refractivity contribution in [3.05, 3.63) is 81.6 Å². The molecule has 8 heteroatoms. The first-order valence-corrected chi connectivity index (χ1v) is 9.57. The maximum Gasteiger partial charge on any atom is 0.174 e. The van der Waals surface area contributed by atoms with Gasteiger partial charge in [-0.05, 0) is 36.4 Å². The van der Waals surface area contributed by atoms with Gasteiger partial charge in [0, 0.05) is 23.3 Å². The summed E-state index contributed by atoms with van der Waals surface area (Å²) in [5.74, 6) is -0.568. The van der Waals surface area contributed by atoms with Gasteiger partial charge < -0.3 is 15.0 Å². The first-order chi connectivity index (χ1) is 13.5. The third-order valence-corrected chi connectivity index (χ3v) is 5.25. The Bertz CT molecular complexity index is 1170. The van der Waals surface area contributed by atoms with Crippen LogP contribution in [0.1, 0.15) is 17.4 Å². The van der Waals surface area contributed by atoms with Crippen LogP contribution in [0.3, 0.4) is 0 Å². The van der Waals surface area contributed by atoms with Crippen molar-refractivity contribution < 1.29 is 9.50 Å². The summed E-state index contributed by atoms with van der Waals surface area (Å²) in [7, 11) is 1.77. The molecular weight excluding hydrogens is 447 g/mol. The Morgan fingerprint density at radius 3 is 2.75 bits per heavy atom. The molecule has 5 nitrogen and oxygen atoms in total. The molecular formula is C20H15BrClFN4O. The molecule has 0 saturated heterocycles. The molecule has 1 atom stereocenters. The predicted molar refractivity (Wildman–Crippen MR) is 111 cm³/mol. The summed E-state index contributed by atoms with van der Waals surface area (Å²) in [6.07, 6.45) is 1.98. The normalized spacial score (nSPS) is 12.3. The number of aliphatic hydroxyl groups excluding tert-OH is 1. The van der Waals surface area contributed by atoms with Crippen molar-refractivity contribution in [2.45, 2.75) is 6.10 Å². The number of aliphatic hydroxyl groups is 1. The van der Waals surface area contributed by atoms with E-state index in [1.807, 2.05) is 0 Å². The van der Waals surface area contributed by atoms with Crippen LogP contribution in [0.15, 0.2) is 59.5 Å². The fourth-order valence-electron chi connectivity index (χ4n) is 3.01. The first-order valence-electron chi connectivity index (χ1n) is 8.40. The minimum Gasteiger partial charge on any atom is -0.382 e. The molecule has 0 spiro atoms. The quantitative estimate of drug-likeness (QED) is 0.430. The van der Waals surface area contributed by atoms with Gasteiger partial charge in [-0.1, -0.05) is 33.6 Å². The van der Waals surface area contributed by atoms with Crippen LogP contribution in [0, 0.1) is 5.82 Å². The van der Waals surface area contributed by atoms with E-state index in [0.717, 1.165) is 4.47 Å². The van der Waals surface area contributed by atoms with Gasteiger partial charge in [0.1, 0.15) is 11.6 Å². The van der Waals surface area contributed by atoms with E-state index in [0.29, 0.717) is 27.5 Å². The average molecular weight is 462 g/mol. The number of halogens is 3. The molecule has 28 heavy (non-hydrogen) atoms. The molecule has 2 aromatic carbocycles. The maximum absolute atomic E-state index is 15.4. The Morgan fingerprint density at radius 1 is 1.21 bits per heavy atom. The van der Waals surface area contributed by atoms with E-state index in [9.17, 15) is 5.11 Å². The number of imidazole rings is 1. The second-order valence-electron chi connectivity index (χ2n) is 6.28. The number of nitrogens with one attached hydrogen (secondary N) is 1. The summed E-state index contributed by atoms with van der Waals surface area (Å²) in [4.78, 5) is 8.34. The van der Waals surface area contributed by atoms with E-state index in [1.165, 1.54) is 6.33 Å². The number of rotatable bonds is 4. The molecule has 0 fully saturated rings. The van der Waals surface area contributed by atoms with Crippen LogP contribution in [0.2, 0.25) is 5.02 Å². The zero-order valence-electron chi connectivity index (χ0n) is 14.7. The van der Waals surface area contributed by atoms with Crippen LogP contribution >= 0.6 is 27.5 Å². The van der Waals surface area contributed by atoms with E-state index < -0.39 is 11.9 Å². The SMILES string of the molecule is Cn1cnc2c(F)c(Nc3ccc(Br)cc3Cl)c(C(O)c3ccccn3)cc21. The highest BCUT2D eigenvalue weighted by Gasteiger charge is 2.23. The van der Waals surface area contributed by atoms with Crippen molar-refractivity contribution in [3.63, 3.8) is 0 Å². The van der Waals surface area contributed by atoms with Crippen molar-refractivity contribution in [1.82, 2.24) is 14.5 Å². The van der Waals surface area contributed by atoms with E-state index >= 15 is 4.39 Å². The summed E-state index contributed by atoms with van der Waals surface area (Å²) in [5.41, 5.74) is 2.13. The third kappa shape index (κ3) is 3.37. The van der Waals surface area contributed by atoms with Gasteiger partial charge in [0.25, 0.3) is 0 Å². The number of aromatic nitrogens is 3. The zero-order valence-corrected chi connectivity index (χ0v) is 17.0. The van der Waals surface area contributed by atoms with Gasteiger partial charge in [-0.3, -0.25) is 4.98 Å². The minimum absolute atomic E-state index is 0.105. The topological polar surface area (TPSA) is 63.0 Å². The molecule has 0 bridgehead atoms. The Labute approximate surface area is 173 Å². The van der Waals surface area contributed by atoms with Gasteiger partial charge >= 0.3 is 0 Å². The average Bonchev–Trinajstić information content (AvgIpc) is 3.07. The number of pyridine rings is 1. The number of anilines is 2. The molecule has 2 N–H and O–H groups in total. The van der Waals surface area contributed by atoms with Crippen LogP contribution in [0.4, 0.5) is 15.8 Å². The molecule has 1 unspecified atom stereocenters. The molecule has 2 heterocycles. The molecule has 4 rings (SSSR count). The first kappa shape index (κ1) is 18.9. The van der Waals surface area contributed by atoms with Crippen molar-refractivity contribution in [2.75, 3.05) is 5.32 Å². The van der Waals surface area contributed by atoms with E-state index in [2.05, 4.69) is 31.2 Å². The Hall–Kier alpha value is -2.48. The van der Waals surface area contributed by atoms with Crippen molar-refractivity contribution >= 4 is 49.9 Å². The van der Waals surface area contributed by atoms with Crippen LogP contribution in [-0.4, -0.2) is 19.6 Å². The Kier molecular flexibility index (Phi) is 5.05. The standard InChI is InChI=1S/C20H15BrClFN4O/c1-27-10-25-19-16(27)9-12(20(28)15-4-2-3-7-24-15)18(17(19)23)26-14-6-5-11(21)8-13(14)22/h2-10,20,26,28H,1H3. The second kappa shape index (κ2) is 7.50. The van der Waals surface area contributed by atoms with E-state index in [1.54, 1.807) is 60.3 Å². The van der Waals surface area contributed by atoms with Crippen LogP contribution in [0.5, 0.6) is 0 Å². The highest BCUT2D eigenvalue weighted by atomic mass is 79.9. The lowest BCUT2D eigenvalue weighted by Gasteiger charge is -2.19. The molecule has 0 aliphatic carbocycles. The zero-order chi connectivity index (χ0) is 19.8. The summed E-state index contributed by atoms with van der Waals surface area (Å²) in [5, 5.41) is 14.4. The summed E-state index contributed by atoms with van der Waals surface area (Å²) in [6.45, 7) is 0. The van der Waals surface area contributed by atoms with Gasteiger partial charge in [-0.15, -0.1) is 0 Å². The summed E-state index contributed by atoms with van der Waals surface area (Å²) >= 11 is 9.65. The fraction of sp³-hybridized carbons (Fsp3) is 0.100. The van der Waals surface area contributed by atoms with Crippen LogP contribution in [0.25, 0.3) is 11.0 Å².